The molecule has 0 fully saturated rings. The molecule has 4 heteroatoms. The number of unbranched alkanes of at least 4 members (excludes halogenated alkanes) is 1. The van der Waals surface area contributed by atoms with Crippen molar-refractivity contribution in [2.45, 2.75) is 52.7 Å². The monoisotopic (exact) mass is 313 g/mol. The maximum Gasteiger partial charge on any atom is 0.138 e. The smallest absolute Gasteiger partial charge is 0.138 e. The maximum absolute atomic E-state index is 6.21. The van der Waals surface area contributed by atoms with Crippen LogP contribution in [-0.4, -0.2) is 25.9 Å². The normalized spacial score (nSPS) is 11.1. The third-order valence-electron chi connectivity index (χ3n) is 2.97. The summed E-state index contributed by atoms with van der Waals surface area (Å²) in [6.45, 7) is 9.64. The van der Waals surface area contributed by atoms with E-state index in [9.17, 15) is 0 Å². The number of rotatable bonds is 11. The van der Waals surface area contributed by atoms with E-state index in [0.717, 1.165) is 44.9 Å². The van der Waals surface area contributed by atoms with Crippen molar-refractivity contribution in [3.63, 3.8) is 0 Å². The Morgan fingerprint density at radius 2 is 1.95 bits per heavy atom. The molecule has 0 spiro atoms. The average Bonchev–Trinajstić information content (AvgIpc) is 2.44. The van der Waals surface area contributed by atoms with E-state index in [1.807, 2.05) is 32.0 Å². The first-order chi connectivity index (χ1) is 10.1. The molecule has 1 aromatic carbocycles. The quantitative estimate of drug-likeness (QED) is 0.613. The van der Waals surface area contributed by atoms with Gasteiger partial charge in [0, 0.05) is 19.8 Å². The van der Waals surface area contributed by atoms with E-state index >= 15 is 0 Å². The molecule has 0 amide bonds. The standard InChI is InChI=1S/C17H28ClNO2/c1-4-5-10-20-11-6-9-19-13-15-7-8-17(16(18)12-15)21-14(2)3/h7-8,12,14,19H,4-6,9-11,13H2,1-3H3. The van der Waals surface area contributed by atoms with Gasteiger partial charge in [-0.15, -0.1) is 0 Å². The second-order valence-electron chi connectivity index (χ2n) is 5.43. The minimum absolute atomic E-state index is 0.138. The van der Waals surface area contributed by atoms with E-state index in [4.69, 9.17) is 21.1 Å². The minimum atomic E-state index is 0.138. The molecule has 0 saturated heterocycles. The summed E-state index contributed by atoms with van der Waals surface area (Å²) in [7, 11) is 0. The molecule has 0 bridgehead atoms. The summed E-state index contributed by atoms with van der Waals surface area (Å²) in [6, 6.07) is 5.95. The lowest BCUT2D eigenvalue weighted by molar-refractivity contribution is 0.129. The van der Waals surface area contributed by atoms with Crippen molar-refractivity contribution in [2.75, 3.05) is 19.8 Å². The van der Waals surface area contributed by atoms with Gasteiger partial charge in [-0.05, 0) is 50.9 Å². The Hall–Kier alpha value is -0.770. The van der Waals surface area contributed by atoms with Gasteiger partial charge in [-0.2, -0.15) is 0 Å². The summed E-state index contributed by atoms with van der Waals surface area (Å²) in [6.07, 6.45) is 3.51. The van der Waals surface area contributed by atoms with E-state index in [1.165, 1.54) is 12.0 Å². The van der Waals surface area contributed by atoms with Gasteiger partial charge in [0.15, 0.2) is 0 Å². The van der Waals surface area contributed by atoms with E-state index in [0.29, 0.717) is 5.02 Å². The molecule has 0 aliphatic heterocycles. The number of halogens is 1. The van der Waals surface area contributed by atoms with Crippen LogP contribution in [0.5, 0.6) is 5.75 Å². The van der Waals surface area contributed by atoms with Crippen molar-refractivity contribution in [1.82, 2.24) is 5.32 Å². The fourth-order valence-electron chi connectivity index (χ4n) is 1.88. The molecule has 0 unspecified atom stereocenters. The molecule has 3 nitrogen and oxygen atoms in total. The first kappa shape index (κ1) is 18.3. The molecule has 0 aromatic heterocycles. The van der Waals surface area contributed by atoms with E-state index < -0.39 is 0 Å². The number of benzene rings is 1. The summed E-state index contributed by atoms with van der Waals surface area (Å²) in [5, 5.41) is 4.07. The van der Waals surface area contributed by atoms with Crippen LogP contribution in [0.15, 0.2) is 18.2 Å². The molecule has 1 aromatic rings. The highest BCUT2D eigenvalue weighted by molar-refractivity contribution is 6.32. The van der Waals surface area contributed by atoms with Gasteiger partial charge >= 0.3 is 0 Å². The van der Waals surface area contributed by atoms with Gasteiger partial charge in [0.1, 0.15) is 5.75 Å². The molecule has 0 atom stereocenters. The summed E-state index contributed by atoms with van der Waals surface area (Å²) < 4.78 is 11.1. The van der Waals surface area contributed by atoms with Crippen LogP contribution in [0.25, 0.3) is 0 Å². The van der Waals surface area contributed by atoms with E-state index in [2.05, 4.69) is 12.2 Å². The number of hydrogen-bond donors (Lipinski definition) is 1. The Balaban J connectivity index is 2.19. The van der Waals surface area contributed by atoms with Crippen molar-refractivity contribution in [2.24, 2.45) is 0 Å². The van der Waals surface area contributed by atoms with Crippen molar-refractivity contribution < 1.29 is 9.47 Å². The third-order valence-corrected chi connectivity index (χ3v) is 3.27. The Bertz CT molecular complexity index is 396. The number of hydrogen-bond acceptors (Lipinski definition) is 3. The molecule has 0 radical (unpaired) electrons. The third kappa shape index (κ3) is 8.30. The van der Waals surface area contributed by atoms with Crippen molar-refractivity contribution >= 4 is 11.6 Å². The van der Waals surface area contributed by atoms with Gasteiger partial charge in [-0.1, -0.05) is 31.0 Å². The molecular weight excluding hydrogens is 286 g/mol. The largest absolute Gasteiger partial charge is 0.489 e. The average molecular weight is 314 g/mol. The second kappa shape index (κ2) is 10.9. The van der Waals surface area contributed by atoms with Crippen LogP contribution in [0.2, 0.25) is 5.02 Å². The van der Waals surface area contributed by atoms with Gasteiger partial charge < -0.3 is 14.8 Å². The van der Waals surface area contributed by atoms with Crippen LogP contribution in [0, 0.1) is 0 Å². The molecule has 0 aliphatic rings. The molecule has 1 rings (SSSR count). The highest BCUT2D eigenvalue weighted by Crippen LogP contribution is 2.26. The van der Waals surface area contributed by atoms with Crippen LogP contribution in [-0.2, 0) is 11.3 Å². The predicted octanol–water partition coefficient (Wildman–Crippen LogP) is 4.42. The summed E-state index contributed by atoms with van der Waals surface area (Å²) in [4.78, 5) is 0. The molecule has 0 heterocycles. The van der Waals surface area contributed by atoms with Crippen LogP contribution >= 0.6 is 11.6 Å². The zero-order valence-electron chi connectivity index (χ0n) is 13.5. The zero-order valence-corrected chi connectivity index (χ0v) is 14.2. The van der Waals surface area contributed by atoms with Gasteiger partial charge in [0.25, 0.3) is 0 Å². The summed E-state index contributed by atoms with van der Waals surface area (Å²) in [5.41, 5.74) is 1.17. The number of nitrogens with one attached hydrogen (secondary N) is 1. The first-order valence-electron chi connectivity index (χ1n) is 7.87. The second-order valence-corrected chi connectivity index (χ2v) is 5.83. The molecule has 120 valence electrons. The summed E-state index contributed by atoms with van der Waals surface area (Å²) in [5.74, 6) is 0.750. The van der Waals surface area contributed by atoms with Crippen LogP contribution < -0.4 is 10.1 Å². The summed E-state index contributed by atoms with van der Waals surface area (Å²) >= 11 is 6.21. The number of ether oxygens (including phenoxy) is 2. The van der Waals surface area contributed by atoms with Gasteiger partial charge in [-0.25, -0.2) is 0 Å². The topological polar surface area (TPSA) is 30.5 Å². The van der Waals surface area contributed by atoms with E-state index in [-0.39, 0.29) is 6.10 Å². The molecular formula is C17H28ClNO2. The minimum Gasteiger partial charge on any atom is -0.489 e. The van der Waals surface area contributed by atoms with Crippen LogP contribution in [0.1, 0.15) is 45.6 Å². The Kier molecular flexibility index (Phi) is 9.48. The lowest BCUT2D eigenvalue weighted by Crippen LogP contribution is -2.16. The Morgan fingerprint density at radius 1 is 1.19 bits per heavy atom. The van der Waals surface area contributed by atoms with Gasteiger partial charge in [-0.3, -0.25) is 0 Å². The SMILES string of the molecule is CCCCOCCCNCc1ccc(OC(C)C)c(Cl)c1. The Morgan fingerprint density at radius 3 is 2.62 bits per heavy atom. The first-order valence-corrected chi connectivity index (χ1v) is 8.24. The van der Waals surface area contributed by atoms with Gasteiger partial charge in [0.05, 0.1) is 11.1 Å². The fourth-order valence-corrected chi connectivity index (χ4v) is 2.13. The lowest BCUT2D eigenvalue weighted by Gasteiger charge is -2.12. The van der Waals surface area contributed by atoms with Gasteiger partial charge in [0.2, 0.25) is 0 Å². The van der Waals surface area contributed by atoms with Crippen LogP contribution in [0.3, 0.4) is 0 Å². The van der Waals surface area contributed by atoms with Crippen molar-refractivity contribution in [3.05, 3.63) is 28.8 Å². The van der Waals surface area contributed by atoms with E-state index in [1.54, 1.807) is 0 Å². The molecule has 21 heavy (non-hydrogen) atoms. The Labute approximate surface area is 134 Å². The van der Waals surface area contributed by atoms with Crippen molar-refractivity contribution in [3.8, 4) is 5.75 Å². The lowest BCUT2D eigenvalue weighted by atomic mass is 10.2. The molecule has 0 aliphatic carbocycles. The molecule has 0 saturated carbocycles. The van der Waals surface area contributed by atoms with Crippen molar-refractivity contribution in [1.29, 1.82) is 0 Å². The fraction of sp³-hybridized carbons (Fsp3) is 0.647. The maximum atomic E-state index is 6.21. The highest BCUT2D eigenvalue weighted by Gasteiger charge is 2.04. The van der Waals surface area contributed by atoms with Crippen LogP contribution in [0.4, 0.5) is 0 Å². The highest BCUT2D eigenvalue weighted by atomic mass is 35.5. The molecule has 1 N–H and O–H groups in total. The predicted molar refractivity (Wildman–Crippen MR) is 89.3 cm³/mol. The zero-order chi connectivity index (χ0) is 15.5.